The lowest BCUT2D eigenvalue weighted by molar-refractivity contribution is -0.113. The first-order chi connectivity index (χ1) is 14.0. The monoisotopic (exact) mass is 416 g/mol. The van der Waals surface area contributed by atoms with Gasteiger partial charge in [0.25, 0.3) is 0 Å². The number of aromatic nitrogens is 3. The van der Waals surface area contributed by atoms with Crippen LogP contribution in [0.4, 0.5) is 5.69 Å². The van der Waals surface area contributed by atoms with Crippen molar-refractivity contribution < 1.29 is 14.3 Å². The van der Waals surface area contributed by atoms with E-state index in [1.54, 1.807) is 24.3 Å². The number of carbonyl (C=O) groups excluding carboxylic acids is 2. The molecule has 7 nitrogen and oxygen atoms in total. The predicted octanol–water partition coefficient (Wildman–Crippen LogP) is 4.42. The van der Waals surface area contributed by atoms with Gasteiger partial charge < -0.3 is 14.6 Å². The van der Waals surface area contributed by atoms with E-state index in [-0.39, 0.29) is 17.6 Å². The smallest absolute Gasteiger partial charge is 0.338 e. The van der Waals surface area contributed by atoms with Crippen LogP contribution >= 0.6 is 11.8 Å². The summed E-state index contributed by atoms with van der Waals surface area (Å²) in [6.45, 7) is 6.68. The van der Waals surface area contributed by atoms with Crippen LogP contribution in [-0.4, -0.2) is 39.0 Å². The Kier molecular flexibility index (Phi) is 7.30. The number of ether oxygens (including phenoxy) is 1. The van der Waals surface area contributed by atoms with Gasteiger partial charge in [0.1, 0.15) is 5.82 Å². The molecule has 0 saturated heterocycles. The molecule has 1 N–H and O–H groups in total. The minimum absolute atomic E-state index is 0.121. The lowest BCUT2D eigenvalue weighted by Crippen LogP contribution is -2.15. The third-order valence-electron chi connectivity index (χ3n) is 4.59. The van der Waals surface area contributed by atoms with Gasteiger partial charge in [0, 0.05) is 17.6 Å². The fourth-order valence-corrected chi connectivity index (χ4v) is 3.68. The molecule has 0 spiro atoms. The van der Waals surface area contributed by atoms with E-state index >= 15 is 0 Å². The Morgan fingerprint density at radius 1 is 1.24 bits per heavy atom. The Bertz CT molecular complexity index is 844. The van der Waals surface area contributed by atoms with Crippen LogP contribution in [0.5, 0.6) is 0 Å². The largest absolute Gasteiger partial charge is 0.462 e. The van der Waals surface area contributed by atoms with E-state index in [9.17, 15) is 9.59 Å². The van der Waals surface area contributed by atoms with Gasteiger partial charge in [0.05, 0.1) is 17.9 Å². The molecule has 1 heterocycles. The van der Waals surface area contributed by atoms with Gasteiger partial charge in [-0.3, -0.25) is 4.79 Å². The van der Waals surface area contributed by atoms with Gasteiger partial charge in [0.2, 0.25) is 5.91 Å². The lowest BCUT2D eigenvalue weighted by Gasteiger charge is -2.11. The lowest BCUT2D eigenvalue weighted by atomic mass is 10.2. The third kappa shape index (κ3) is 5.82. The molecular formula is C21H28N4O3S. The number of hydrogen-bond acceptors (Lipinski definition) is 6. The molecule has 3 rings (SSSR count). The normalized spacial score (nSPS) is 13.5. The first-order valence-electron chi connectivity index (χ1n) is 10.1. The fourth-order valence-electron chi connectivity index (χ4n) is 2.87. The fraction of sp³-hybridized carbons (Fsp3) is 0.524. The zero-order chi connectivity index (χ0) is 20.8. The highest BCUT2D eigenvalue weighted by Crippen LogP contribution is 2.40. The summed E-state index contributed by atoms with van der Waals surface area (Å²) in [5.74, 6) is 1.08. The second-order valence-electron chi connectivity index (χ2n) is 7.50. The van der Waals surface area contributed by atoms with Crippen LogP contribution < -0.4 is 5.32 Å². The second-order valence-corrected chi connectivity index (χ2v) is 8.44. The topological polar surface area (TPSA) is 86.1 Å². The molecule has 1 amide bonds. The highest BCUT2D eigenvalue weighted by molar-refractivity contribution is 7.99. The van der Waals surface area contributed by atoms with Crippen molar-refractivity contribution in [3.8, 4) is 0 Å². The first kappa shape index (κ1) is 21.4. The van der Waals surface area contributed by atoms with Crippen LogP contribution in [0.2, 0.25) is 0 Å². The summed E-state index contributed by atoms with van der Waals surface area (Å²) in [5, 5.41) is 12.2. The van der Waals surface area contributed by atoms with Crippen LogP contribution in [-0.2, 0) is 9.53 Å². The number of unbranched alkanes of at least 4 members (excludes halogenated alkanes) is 1. The van der Waals surface area contributed by atoms with Crippen molar-refractivity contribution in [3.05, 3.63) is 35.7 Å². The first-order valence-corrected chi connectivity index (χ1v) is 11.1. The van der Waals surface area contributed by atoms with Crippen molar-refractivity contribution in [1.29, 1.82) is 0 Å². The van der Waals surface area contributed by atoms with Crippen LogP contribution in [0.3, 0.4) is 0 Å². The van der Waals surface area contributed by atoms with Gasteiger partial charge >= 0.3 is 5.97 Å². The Labute approximate surface area is 175 Å². The van der Waals surface area contributed by atoms with E-state index in [1.807, 2.05) is 6.92 Å². The minimum atomic E-state index is -0.341. The van der Waals surface area contributed by atoms with Gasteiger partial charge in [-0.15, -0.1) is 10.2 Å². The van der Waals surface area contributed by atoms with Gasteiger partial charge in [-0.2, -0.15) is 0 Å². The molecule has 2 aromatic rings. The molecular weight excluding hydrogens is 388 g/mol. The number of thioether (sulfide) groups is 1. The minimum Gasteiger partial charge on any atom is -0.462 e. The molecule has 1 aromatic carbocycles. The molecule has 29 heavy (non-hydrogen) atoms. The van der Waals surface area contributed by atoms with Crippen LogP contribution in [0.1, 0.15) is 74.6 Å². The number of esters is 1. The van der Waals surface area contributed by atoms with Crippen molar-refractivity contribution in [3.63, 3.8) is 0 Å². The number of amides is 1. The predicted molar refractivity (Wildman–Crippen MR) is 113 cm³/mol. The van der Waals surface area contributed by atoms with Crippen LogP contribution in [0.25, 0.3) is 0 Å². The molecule has 0 radical (unpaired) electrons. The SMILES string of the molecule is CCCCOC(=O)c1ccc(NC(=O)CSc2nnc(C(C)C)n2C2CC2)cc1. The van der Waals surface area contributed by atoms with E-state index in [0.29, 0.717) is 29.8 Å². The molecule has 8 heteroatoms. The Morgan fingerprint density at radius 3 is 2.59 bits per heavy atom. The van der Waals surface area contributed by atoms with Gasteiger partial charge in [-0.1, -0.05) is 39.0 Å². The maximum absolute atomic E-state index is 12.3. The summed E-state index contributed by atoms with van der Waals surface area (Å²) in [4.78, 5) is 24.3. The summed E-state index contributed by atoms with van der Waals surface area (Å²) in [6.07, 6.45) is 4.12. The van der Waals surface area contributed by atoms with Crippen molar-refractivity contribution in [2.24, 2.45) is 0 Å². The van der Waals surface area contributed by atoms with Crippen molar-refractivity contribution in [2.75, 3.05) is 17.7 Å². The Morgan fingerprint density at radius 2 is 1.97 bits per heavy atom. The van der Waals surface area contributed by atoms with Crippen molar-refractivity contribution in [1.82, 2.24) is 14.8 Å². The number of nitrogens with zero attached hydrogens (tertiary/aromatic N) is 3. The number of benzene rings is 1. The van der Waals surface area contributed by atoms with Gasteiger partial charge in [-0.25, -0.2) is 4.79 Å². The zero-order valence-electron chi connectivity index (χ0n) is 17.2. The van der Waals surface area contributed by atoms with Crippen LogP contribution in [0.15, 0.2) is 29.4 Å². The quantitative estimate of drug-likeness (QED) is 0.350. The molecule has 1 fully saturated rings. The molecule has 0 unspecified atom stereocenters. The van der Waals surface area contributed by atoms with E-state index in [0.717, 1.165) is 36.7 Å². The van der Waals surface area contributed by atoms with Crippen molar-refractivity contribution >= 4 is 29.3 Å². The summed E-state index contributed by atoms with van der Waals surface area (Å²) in [5.41, 5.74) is 1.12. The number of rotatable bonds is 10. The number of carbonyl (C=O) groups is 2. The molecule has 0 bridgehead atoms. The Balaban J connectivity index is 1.52. The third-order valence-corrected chi connectivity index (χ3v) is 5.53. The van der Waals surface area contributed by atoms with Crippen LogP contribution in [0, 0.1) is 0 Å². The maximum atomic E-state index is 12.3. The van der Waals surface area contributed by atoms with Gasteiger partial charge in [-0.05, 0) is 43.5 Å². The number of nitrogens with one attached hydrogen (secondary N) is 1. The standard InChI is InChI=1S/C21H28N4O3S/c1-4-5-12-28-20(27)15-6-8-16(9-7-15)22-18(26)13-29-21-24-23-19(14(2)3)25(21)17-10-11-17/h6-9,14,17H,4-5,10-13H2,1-3H3,(H,22,26). The zero-order valence-corrected chi connectivity index (χ0v) is 18.0. The molecule has 1 saturated carbocycles. The molecule has 0 atom stereocenters. The number of hydrogen-bond donors (Lipinski definition) is 1. The second kappa shape index (κ2) is 9.91. The average Bonchev–Trinajstić information content (AvgIpc) is 3.45. The molecule has 156 valence electrons. The maximum Gasteiger partial charge on any atom is 0.338 e. The van der Waals surface area contributed by atoms with E-state index in [4.69, 9.17) is 4.74 Å². The summed E-state index contributed by atoms with van der Waals surface area (Å²) in [7, 11) is 0. The van der Waals surface area contributed by atoms with E-state index in [1.165, 1.54) is 11.8 Å². The molecule has 1 aliphatic carbocycles. The highest BCUT2D eigenvalue weighted by atomic mass is 32.2. The number of anilines is 1. The van der Waals surface area contributed by atoms with Gasteiger partial charge in [0.15, 0.2) is 5.16 Å². The highest BCUT2D eigenvalue weighted by Gasteiger charge is 2.30. The summed E-state index contributed by atoms with van der Waals surface area (Å²) in [6, 6.07) is 7.22. The Hall–Kier alpha value is -2.35. The summed E-state index contributed by atoms with van der Waals surface area (Å²) < 4.78 is 7.37. The summed E-state index contributed by atoms with van der Waals surface area (Å²) >= 11 is 1.40. The van der Waals surface area contributed by atoms with Crippen molar-refractivity contribution in [2.45, 2.75) is 63.6 Å². The molecule has 1 aliphatic rings. The molecule has 1 aromatic heterocycles. The average molecular weight is 417 g/mol. The van der Waals surface area contributed by atoms with E-state index in [2.05, 4.69) is 33.9 Å². The molecule has 0 aliphatic heterocycles. The van der Waals surface area contributed by atoms with E-state index < -0.39 is 0 Å².